The van der Waals surface area contributed by atoms with E-state index < -0.39 is 6.10 Å². The summed E-state index contributed by atoms with van der Waals surface area (Å²) >= 11 is 0. The van der Waals surface area contributed by atoms with Gasteiger partial charge in [-0.3, -0.25) is 0 Å². The third-order valence-electron chi connectivity index (χ3n) is 5.07. The Labute approximate surface area is 149 Å². The molecule has 0 saturated carbocycles. The minimum Gasteiger partial charge on any atom is -0.507 e. The maximum Gasteiger partial charge on any atom is 0.125 e. The van der Waals surface area contributed by atoms with Gasteiger partial charge in [-0.2, -0.15) is 5.10 Å². The molecule has 2 N–H and O–H groups in total. The number of aliphatic hydroxyl groups is 1. The molecule has 3 rings (SSSR count). The fourth-order valence-corrected chi connectivity index (χ4v) is 3.63. The molecule has 0 bridgehead atoms. The van der Waals surface area contributed by atoms with Gasteiger partial charge in [-0.15, -0.1) is 5.10 Å². The van der Waals surface area contributed by atoms with Gasteiger partial charge in [-0.05, 0) is 69.6 Å². The van der Waals surface area contributed by atoms with Crippen molar-refractivity contribution in [2.75, 3.05) is 20.1 Å². The molecule has 2 aromatic rings. The van der Waals surface area contributed by atoms with E-state index >= 15 is 0 Å². The number of phenolic OH excluding ortho intramolecular Hbond substituents is 1. The van der Waals surface area contributed by atoms with Crippen LogP contribution in [0.3, 0.4) is 0 Å². The van der Waals surface area contributed by atoms with Crippen LogP contribution in [0.5, 0.6) is 5.75 Å². The van der Waals surface area contributed by atoms with Crippen LogP contribution in [-0.4, -0.2) is 45.4 Å². The average Bonchev–Trinajstić information content (AvgIpc) is 2.79. The predicted octanol–water partition coefficient (Wildman–Crippen LogP) is 3.23. The van der Waals surface area contributed by atoms with E-state index in [-0.39, 0.29) is 11.7 Å². The fraction of sp³-hybridized carbons (Fsp3) is 0.500. The molecule has 0 aliphatic carbocycles. The van der Waals surface area contributed by atoms with Gasteiger partial charge in [0, 0.05) is 18.0 Å². The summed E-state index contributed by atoms with van der Waals surface area (Å²) in [5.74, 6) is 0.385. The van der Waals surface area contributed by atoms with Crippen molar-refractivity contribution in [3.05, 3.63) is 41.1 Å². The van der Waals surface area contributed by atoms with Crippen molar-refractivity contribution in [2.45, 2.75) is 39.2 Å². The van der Waals surface area contributed by atoms with Crippen LogP contribution < -0.4 is 0 Å². The van der Waals surface area contributed by atoms with E-state index in [0.29, 0.717) is 17.0 Å². The second-order valence-electron chi connectivity index (χ2n) is 7.28. The molecule has 134 valence electrons. The van der Waals surface area contributed by atoms with E-state index in [0.717, 1.165) is 37.1 Å². The van der Waals surface area contributed by atoms with E-state index in [1.54, 1.807) is 6.07 Å². The van der Waals surface area contributed by atoms with E-state index in [1.807, 2.05) is 32.0 Å². The Hall–Kier alpha value is -1.98. The zero-order valence-corrected chi connectivity index (χ0v) is 15.2. The number of aromatic hydroxyl groups is 1. The smallest absolute Gasteiger partial charge is 0.125 e. The number of hydrogen-bond acceptors (Lipinski definition) is 5. The van der Waals surface area contributed by atoms with Gasteiger partial charge in [0.1, 0.15) is 11.9 Å². The van der Waals surface area contributed by atoms with Crippen LogP contribution in [-0.2, 0) is 0 Å². The van der Waals surface area contributed by atoms with Crippen LogP contribution >= 0.6 is 0 Å². The molecule has 2 atom stereocenters. The molecule has 1 aliphatic heterocycles. The first-order valence-electron chi connectivity index (χ1n) is 8.96. The summed E-state index contributed by atoms with van der Waals surface area (Å²) in [5, 5.41) is 29.6. The van der Waals surface area contributed by atoms with Gasteiger partial charge in [-0.25, -0.2) is 0 Å². The van der Waals surface area contributed by atoms with E-state index in [1.165, 1.54) is 6.42 Å². The van der Waals surface area contributed by atoms with Crippen LogP contribution in [0.4, 0.5) is 0 Å². The topological polar surface area (TPSA) is 69.5 Å². The maximum absolute atomic E-state index is 10.8. The minimum atomic E-state index is -0.604. The van der Waals surface area contributed by atoms with Crippen LogP contribution in [0, 0.1) is 19.8 Å². The zero-order valence-electron chi connectivity index (χ0n) is 15.2. The lowest BCUT2D eigenvalue weighted by Crippen LogP contribution is -2.28. The number of aromatic nitrogens is 2. The molecule has 0 radical (unpaired) electrons. The molecule has 1 aromatic carbocycles. The summed E-state index contributed by atoms with van der Waals surface area (Å²) in [5.41, 5.74) is 3.85. The number of rotatable bonds is 3. The summed E-state index contributed by atoms with van der Waals surface area (Å²) < 4.78 is 0. The molecule has 1 aromatic heterocycles. The van der Waals surface area contributed by atoms with E-state index in [2.05, 4.69) is 22.1 Å². The summed E-state index contributed by atoms with van der Waals surface area (Å²) in [6, 6.07) is 7.43. The number of aryl methyl sites for hydroxylation is 2. The van der Waals surface area contributed by atoms with Gasteiger partial charge in [0.2, 0.25) is 0 Å². The van der Waals surface area contributed by atoms with Crippen LogP contribution in [0.2, 0.25) is 0 Å². The second kappa shape index (κ2) is 7.50. The average molecular weight is 341 g/mol. The monoisotopic (exact) mass is 341 g/mol. The van der Waals surface area contributed by atoms with E-state index in [9.17, 15) is 10.2 Å². The summed E-state index contributed by atoms with van der Waals surface area (Å²) in [6.07, 6.45) is 2.71. The second-order valence-corrected chi connectivity index (χ2v) is 7.28. The Kier molecular flexibility index (Phi) is 5.35. The highest BCUT2D eigenvalue weighted by atomic mass is 16.3. The molecule has 25 heavy (non-hydrogen) atoms. The molecule has 5 nitrogen and oxygen atoms in total. The molecule has 2 heterocycles. The molecular formula is C20H27N3O2. The van der Waals surface area contributed by atoms with Crippen molar-refractivity contribution >= 4 is 0 Å². The SMILES string of the molecule is Cc1ccc(-c2nnc(C(O)C3CCCCN(C)C3)cc2C)c(O)c1. The lowest BCUT2D eigenvalue weighted by Gasteiger charge is -2.24. The first-order valence-corrected chi connectivity index (χ1v) is 8.96. The third kappa shape index (κ3) is 3.99. The van der Waals surface area contributed by atoms with Crippen LogP contribution in [0.15, 0.2) is 24.3 Å². The van der Waals surface area contributed by atoms with Crippen molar-refractivity contribution < 1.29 is 10.2 Å². The summed E-state index contributed by atoms with van der Waals surface area (Å²) in [6.45, 7) is 5.84. The highest BCUT2D eigenvalue weighted by molar-refractivity contribution is 5.69. The summed E-state index contributed by atoms with van der Waals surface area (Å²) in [4.78, 5) is 2.28. The largest absolute Gasteiger partial charge is 0.507 e. The lowest BCUT2D eigenvalue weighted by molar-refractivity contribution is 0.0835. The van der Waals surface area contributed by atoms with Gasteiger partial charge in [0.15, 0.2) is 0 Å². The van der Waals surface area contributed by atoms with Gasteiger partial charge >= 0.3 is 0 Å². The summed E-state index contributed by atoms with van der Waals surface area (Å²) in [7, 11) is 2.10. The van der Waals surface area contributed by atoms with Gasteiger partial charge in [-0.1, -0.05) is 12.5 Å². The maximum atomic E-state index is 10.8. The Morgan fingerprint density at radius 3 is 2.68 bits per heavy atom. The number of hydrogen-bond donors (Lipinski definition) is 2. The normalized spacial score (nSPS) is 20.2. The number of benzene rings is 1. The molecule has 0 spiro atoms. The van der Waals surface area contributed by atoms with Crippen molar-refractivity contribution in [3.8, 4) is 17.0 Å². The highest BCUT2D eigenvalue weighted by Gasteiger charge is 2.26. The molecule has 1 fully saturated rings. The lowest BCUT2D eigenvalue weighted by atomic mass is 9.93. The van der Waals surface area contributed by atoms with Crippen LogP contribution in [0.25, 0.3) is 11.3 Å². The first kappa shape index (κ1) is 17.8. The third-order valence-corrected chi connectivity index (χ3v) is 5.07. The van der Waals surface area contributed by atoms with Gasteiger partial charge < -0.3 is 15.1 Å². The molecule has 0 amide bonds. The minimum absolute atomic E-state index is 0.180. The Morgan fingerprint density at radius 2 is 1.96 bits per heavy atom. The fourth-order valence-electron chi connectivity index (χ4n) is 3.63. The van der Waals surface area contributed by atoms with E-state index in [4.69, 9.17) is 0 Å². The molecular weight excluding hydrogens is 314 g/mol. The zero-order chi connectivity index (χ0) is 18.0. The van der Waals surface area contributed by atoms with Crippen LogP contribution in [0.1, 0.15) is 42.2 Å². The van der Waals surface area contributed by atoms with Gasteiger partial charge in [0.05, 0.1) is 11.4 Å². The van der Waals surface area contributed by atoms with Crippen molar-refractivity contribution in [1.29, 1.82) is 0 Å². The molecule has 1 aliphatic rings. The Bertz CT molecular complexity index is 748. The van der Waals surface area contributed by atoms with Crippen molar-refractivity contribution in [1.82, 2.24) is 15.1 Å². The number of aliphatic hydroxyl groups excluding tert-OH is 1. The Balaban J connectivity index is 1.86. The quantitative estimate of drug-likeness (QED) is 0.897. The van der Waals surface area contributed by atoms with Crippen molar-refractivity contribution in [3.63, 3.8) is 0 Å². The van der Waals surface area contributed by atoms with Crippen molar-refractivity contribution in [2.24, 2.45) is 5.92 Å². The Morgan fingerprint density at radius 1 is 1.16 bits per heavy atom. The predicted molar refractivity (Wildman–Crippen MR) is 98.4 cm³/mol. The first-order chi connectivity index (χ1) is 12.0. The standard InChI is InChI=1S/C20H27N3O2/c1-13-7-8-16(18(24)10-13)19-14(2)11-17(21-22-19)20(25)15-6-4-5-9-23(3)12-15/h7-8,10-11,15,20,24-25H,4-6,9,12H2,1-3H3. The highest BCUT2D eigenvalue weighted by Crippen LogP contribution is 2.33. The number of nitrogens with zero attached hydrogens (tertiary/aromatic N) is 3. The van der Waals surface area contributed by atoms with Gasteiger partial charge in [0.25, 0.3) is 0 Å². The molecule has 2 unspecified atom stereocenters. The molecule has 1 saturated heterocycles. The number of phenols is 1. The molecule has 5 heteroatoms. The number of likely N-dealkylation sites (tertiary alicyclic amines) is 1.